The van der Waals surface area contributed by atoms with Gasteiger partial charge in [-0.2, -0.15) is 0 Å². The van der Waals surface area contributed by atoms with E-state index in [0.29, 0.717) is 19.8 Å². The van der Waals surface area contributed by atoms with Gasteiger partial charge in [0.1, 0.15) is 0 Å². The number of esters is 1. The zero-order valence-corrected chi connectivity index (χ0v) is 9.72. The molecule has 0 heterocycles. The summed E-state index contributed by atoms with van der Waals surface area (Å²) in [6, 6.07) is 3.17. The first-order valence-corrected chi connectivity index (χ1v) is 4.85. The molecule has 0 atom stereocenters. The standard InChI is InChI=1S/C8H7ClINO2/c1-13-8(12)4-2-3-5(11)7(10)6(4)9/h2-3H,11H2,1H3. The number of benzene rings is 1. The van der Waals surface area contributed by atoms with Crippen LogP contribution in [0, 0.1) is 3.57 Å². The number of carbonyl (C=O) groups is 1. The van der Waals surface area contributed by atoms with Crippen LogP contribution in [0.15, 0.2) is 12.1 Å². The fraction of sp³-hybridized carbons (Fsp3) is 0.125. The quantitative estimate of drug-likeness (QED) is 0.492. The van der Waals surface area contributed by atoms with Crippen molar-refractivity contribution >= 4 is 45.8 Å². The summed E-state index contributed by atoms with van der Waals surface area (Å²) in [5, 5.41) is 0.340. The van der Waals surface area contributed by atoms with Crippen molar-refractivity contribution in [2.24, 2.45) is 0 Å². The third-order valence-electron chi connectivity index (χ3n) is 1.52. The van der Waals surface area contributed by atoms with Crippen molar-refractivity contribution in [1.29, 1.82) is 0 Å². The SMILES string of the molecule is COC(=O)c1ccc(N)c(I)c1Cl. The molecule has 0 aromatic heterocycles. The van der Waals surface area contributed by atoms with Gasteiger partial charge in [0.05, 0.1) is 21.3 Å². The summed E-state index contributed by atoms with van der Waals surface area (Å²) in [7, 11) is 1.31. The van der Waals surface area contributed by atoms with Crippen LogP contribution >= 0.6 is 34.2 Å². The van der Waals surface area contributed by atoms with Crippen molar-refractivity contribution in [3.05, 3.63) is 26.3 Å². The van der Waals surface area contributed by atoms with Gasteiger partial charge in [-0.05, 0) is 34.7 Å². The average Bonchev–Trinajstić information content (AvgIpc) is 2.13. The van der Waals surface area contributed by atoms with E-state index in [0.717, 1.165) is 0 Å². The lowest BCUT2D eigenvalue weighted by Crippen LogP contribution is -2.04. The van der Waals surface area contributed by atoms with Crippen molar-refractivity contribution in [2.45, 2.75) is 0 Å². The molecule has 0 saturated heterocycles. The second-order valence-electron chi connectivity index (χ2n) is 2.32. The number of hydrogen-bond acceptors (Lipinski definition) is 3. The Balaban J connectivity index is 3.26. The Kier molecular flexibility index (Phi) is 3.38. The molecule has 0 unspecified atom stereocenters. The number of methoxy groups -OCH3 is 1. The van der Waals surface area contributed by atoms with Crippen LogP contribution in [-0.2, 0) is 4.74 Å². The molecule has 1 aromatic rings. The number of rotatable bonds is 1. The Morgan fingerprint density at radius 3 is 2.77 bits per heavy atom. The van der Waals surface area contributed by atoms with Gasteiger partial charge in [-0.25, -0.2) is 4.79 Å². The van der Waals surface area contributed by atoms with Crippen LogP contribution in [-0.4, -0.2) is 13.1 Å². The third-order valence-corrected chi connectivity index (χ3v) is 3.39. The molecule has 0 spiro atoms. The highest BCUT2D eigenvalue weighted by molar-refractivity contribution is 14.1. The Hall–Kier alpha value is -0.490. The lowest BCUT2D eigenvalue weighted by Gasteiger charge is -2.05. The smallest absolute Gasteiger partial charge is 0.339 e. The van der Waals surface area contributed by atoms with E-state index in [9.17, 15) is 4.79 Å². The lowest BCUT2D eigenvalue weighted by atomic mass is 10.2. The van der Waals surface area contributed by atoms with E-state index >= 15 is 0 Å². The van der Waals surface area contributed by atoms with E-state index in [-0.39, 0.29) is 0 Å². The summed E-state index contributed by atoms with van der Waals surface area (Å²) in [6.07, 6.45) is 0. The first-order valence-electron chi connectivity index (χ1n) is 3.39. The van der Waals surface area contributed by atoms with E-state index in [2.05, 4.69) is 4.74 Å². The highest BCUT2D eigenvalue weighted by Crippen LogP contribution is 2.28. The van der Waals surface area contributed by atoms with Crippen molar-refractivity contribution < 1.29 is 9.53 Å². The molecule has 0 bridgehead atoms. The number of halogens is 2. The van der Waals surface area contributed by atoms with Crippen LogP contribution in [0.2, 0.25) is 5.02 Å². The zero-order valence-electron chi connectivity index (χ0n) is 6.80. The topological polar surface area (TPSA) is 52.3 Å². The van der Waals surface area contributed by atoms with Crippen molar-refractivity contribution in [2.75, 3.05) is 12.8 Å². The molecule has 5 heteroatoms. The number of nitrogens with two attached hydrogens (primary N) is 1. The average molecular weight is 312 g/mol. The first-order chi connectivity index (χ1) is 6.07. The van der Waals surface area contributed by atoms with Gasteiger partial charge in [-0.15, -0.1) is 0 Å². The Morgan fingerprint density at radius 2 is 2.23 bits per heavy atom. The summed E-state index contributed by atoms with van der Waals surface area (Å²) in [5.41, 5.74) is 6.48. The predicted molar refractivity (Wildman–Crippen MR) is 59.9 cm³/mol. The normalized spacial score (nSPS) is 9.77. The summed E-state index contributed by atoms with van der Waals surface area (Å²) in [4.78, 5) is 11.1. The molecule has 0 amide bonds. The molecule has 0 radical (unpaired) electrons. The number of nitrogen functional groups attached to an aromatic ring is 1. The molecule has 0 aliphatic heterocycles. The minimum atomic E-state index is -0.456. The largest absolute Gasteiger partial charge is 0.465 e. The predicted octanol–water partition coefficient (Wildman–Crippen LogP) is 2.31. The molecule has 1 aromatic carbocycles. The van der Waals surface area contributed by atoms with Crippen molar-refractivity contribution in [1.82, 2.24) is 0 Å². The number of ether oxygens (including phenoxy) is 1. The van der Waals surface area contributed by atoms with Gasteiger partial charge in [0, 0.05) is 5.69 Å². The van der Waals surface area contributed by atoms with Crippen LogP contribution < -0.4 is 5.73 Å². The van der Waals surface area contributed by atoms with Crippen molar-refractivity contribution in [3.8, 4) is 0 Å². The van der Waals surface area contributed by atoms with Gasteiger partial charge in [0.15, 0.2) is 0 Å². The zero-order chi connectivity index (χ0) is 10.0. The number of hydrogen-bond donors (Lipinski definition) is 1. The van der Waals surface area contributed by atoms with E-state index in [1.807, 2.05) is 22.6 Å². The summed E-state index contributed by atoms with van der Waals surface area (Å²) in [6.45, 7) is 0. The molecule has 3 nitrogen and oxygen atoms in total. The maximum Gasteiger partial charge on any atom is 0.339 e. The molecule has 0 saturated carbocycles. The Labute approximate surface area is 94.3 Å². The molecular formula is C8H7ClINO2. The monoisotopic (exact) mass is 311 g/mol. The molecular weight excluding hydrogens is 304 g/mol. The van der Waals surface area contributed by atoms with Gasteiger partial charge >= 0.3 is 5.97 Å². The second-order valence-corrected chi connectivity index (χ2v) is 3.78. The maximum absolute atomic E-state index is 11.1. The summed E-state index contributed by atoms with van der Waals surface area (Å²) < 4.78 is 5.21. The van der Waals surface area contributed by atoms with Crippen molar-refractivity contribution in [3.63, 3.8) is 0 Å². The number of anilines is 1. The van der Waals surface area contributed by atoms with Crippen LogP contribution in [0.4, 0.5) is 5.69 Å². The molecule has 0 fully saturated rings. The molecule has 2 N–H and O–H groups in total. The number of carbonyl (C=O) groups excluding carboxylic acids is 1. The fourth-order valence-electron chi connectivity index (χ4n) is 0.832. The summed E-state index contributed by atoms with van der Waals surface area (Å²) in [5.74, 6) is -0.456. The van der Waals surface area contributed by atoms with Crippen LogP contribution in [0.5, 0.6) is 0 Å². The van der Waals surface area contributed by atoms with Gasteiger partial charge < -0.3 is 10.5 Å². The fourth-order valence-corrected chi connectivity index (χ4v) is 1.55. The molecule has 13 heavy (non-hydrogen) atoms. The van der Waals surface area contributed by atoms with Gasteiger partial charge in [0.2, 0.25) is 0 Å². The van der Waals surface area contributed by atoms with E-state index in [1.165, 1.54) is 7.11 Å². The maximum atomic E-state index is 11.1. The van der Waals surface area contributed by atoms with Gasteiger partial charge in [-0.1, -0.05) is 11.6 Å². The second kappa shape index (κ2) is 4.15. The molecule has 0 aliphatic rings. The van der Waals surface area contributed by atoms with Gasteiger partial charge in [-0.3, -0.25) is 0 Å². The first kappa shape index (κ1) is 10.6. The van der Waals surface area contributed by atoms with Crippen LogP contribution in [0.25, 0.3) is 0 Å². The van der Waals surface area contributed by atoms with Crippen LogP contribution in [0.1, 0.15) is 10.4 Å². The molecule has 70 valence electrons. The highest BCUT2D eigenvalue weighted by atomic mass is 127. The van der Waals surface area contributed by atoms with E-state index in [4.69, 9.17) is 17.3 Å². The highest BCUT2D eigenvalue weighted by Gasteiger charge is 2.14. The lowest BCUT2D eigenvalue weighted by molar-refractivity contribution is 0.0601. The minimum Gasteiger partial charge on any atom is -0.465 e. The van der Waals surface area contributed by atoms with Crippen LogP contribution in [0.3, 0.4) is 0 Å². The van der Waals surface area contributed by atoms with Gasteiger partial charge in [0.25, 0.3) is 0 Å². The Morgan fingerprint density at radius 1 is 1.62 bits per heavy atom. The Bertz CT molecular complexity index is 354. The molecule has 1 rings (SSSR count). The minimum absolute atomic E-state index is 0.336. The van der Waals surface area contributed by atoms with E-state index < -0.39 is 5.97 Å². The summed E-state index contributed by atoms with van der Waals surface area (Å²) >= 11 is 7.86. The third kappa shape index (κ3) is 2.05. The molecule has 0 aliphatic carbocycles. The van der Waals surface area contributed by atoms with E-state index in [1.54, 1.807) is 12.1 Å².